The van der Waals surface area contributed by atoms with Gasteiger partial charge in [-0.15, -0.1) is 10.2 Å². The van der Waals surface area contributed by atoms with E-state index in [9.17, 15) is 4.79 Å². The number of hydrogen-bond acceptors (Lipinski definition) is 3. The summed E-state index contributed by atoms with van der Waals surface area (Å²) in [6.07, 6.45) is 0. The van der Waals surface area contributed by atoms with Crippen LogP contribution in [-0.4, -0.2) is 34.6 Å². The van der Waals surface area contributed by atoms with Gasteiger partial charge >= 0.3 is 0 Å². The van der Waals surface area contributed by atoms with Gasteiger partial charge in [-0.1, -0.05) is 23.8 Å². The van der Waals surface area contributed by atoms with Gasteiger partial charge in [-0.2, -0.15) is 0 Å². The highest BCUT2D eigenvalue weighted by Gasteiger charge is 2.13. The fourth-order valence-corrected chi connectivity index (χ4v) is 1.20. The number of aromatic nitrogens is 2. The van der Waals surface area contributed by atoms with Gasteiger partial charge in [-0.05, 0) is 19.1 Å². The van der Waals surface area contributed by atoms with Gasteiger partial charge in [-0.25, -0.2) is 0 Å². The van der Waals surface area contributed by atoms with Crippen LogP contribution in [0.2, 0.25) is 5.15 Å². The Morgan fingerprint density at radius 3 is 2.67 bits per heavy atom. The molecule has 1 aromatic rings. The first-order valence-electron chi connectivity index (χ1n) is 4.40. The summed E-state index contributed by atoms with van der Waals surface area (Å²) in [7, 11) is 1.69. The average Bonchev–Trinajstić information content (AvgIpc) is 2.17. The third-order valence-corrected chi connectivity index (χ3v) is 1.91. The van der Waals surface area contributed by atoms with Crippen molar-refractivity contribution < 1.29 is 4.79 Å². The normalized spacial score (nSPS) is 9.80. The van der Waals surface area contributed by atoms with E-state index in [1.54, 1.807) is 13.1 Å². The van der Waals surface area contributed by atoms with Crippen molar-refractivity contribution in [3.63, 3.8) is 0 Å². The number of likely N-dealkylation sites (N-methyl/N-ethyl adjacent to an activating group) is 1. The molecule has 4 nitrogen and oxygen atoms in total. The summed E-state index contributed by atoms with van der Waals surface area (Å²) < 4.78 is 0. The maximum Gasteiger partial charge on any atom is 0.274 e. The van der Waals surface area contributed by atoms with Crippen LogP contribution in [0.3, 0.4) is 0 Å². The Bertz CT molecular complexity index is 375. The molecular formula is C10H12ClN3O. The maximum atomic E-state index is 11.7. The molecule has 0 saturated carbocycles. The second-order valence-corrected chi connectivity index (χ2v) is 3.75. The lowest BCUT2D eigenvalue weighted by Crippen LogP contribution is -2.29. The summed E-state index contributed by atoms with van der Waals surface area (Å²) in [6.45, 7) is 6.10. The van der Waals surface area contributed by atoms with Crippen LogP contribution >= 0.6 is 11.6 Å². The monoisotopic (exact) mass is 225 g/mol. The van der Waals surface area contributed by atoms with Gasteiger partial charge in [0.25, 0.3) is 5.91 Å². The van der Waals surface area contributed by atoms with E-state index in [1.807, 2.05) is 6.92 Å². The molecule has 0 spiro atoms. The largest absolute Gasteiger partial charge is 0.336 e. The summed E-state index contributed by atoms with van der Waals surface area (Å²) in [5, 5.41) is 7.58. The SMILES string of the molecule is C=C(C)CN(C)C(=O)c1ccc(Cl)nn1. The maximum absolute atomic E-state index is 11.7. The van der Waals surface area contributed by atoms with Crippen LogP contribution in [0.4, 0.5) is 0 Å². The first-order chi connectivity index (χ1) is 7.00. The first kappa shape index (κ1) is 11.7. The van der Waals surface area contributed by atoms with E-state index in [-0.39, 0.29) is 16.8 Å². The second kappa shape index (κ2) is 4.89. The minimum atomic E-state index is -0.192. The molecule has 0 aliphatic heterocycles. The Kier molecular flexibility index (Phi) is 3.80. The number of amides is 1. The minimum Gasteiger partial charge on any atom is -0.336 e. The lowest BCUT2D eigenvalue weighted by atomic mass is 10.3. The highest BCUT2D eigenvalue weighted by molar-refractivity contribution is 6.29. The van der Waals surface area contributed by atoms with Crippen molar-refractivity contribution in [2.24, 2.45) is 0 Å². The van der Waals surface area contributed by atoms with Gasteiger partial charge in [0.1, 0.15) is 0 Å². The Hall–Kier alpha value is -1.42. The third kappa shape index (κ3) is 3.32. The van der Waals surface area contributed by atoms with E-state index in [4.69, 9.17) is 11.6 Å². The summed E-state index contributed by atoms with van der Waals surface area (Å²) in [4.78, 5) is 13.3. The zero-order chi connectivity index (χ0) is 11.4. The van der Waals surface area contributed by atoms with Crippen molar-refractivity contribution in [1.29, 1.82) is 0 Å². The molecule has 0 aliphatic carbocycles. The highest BCUT2D eigenvalue weighted by Crippen LogP contribution is 2.05. The number of nitrogens with zero attached hydrogens (tertiary/aromatic N) is 3. The van der Waals surface area contributed by atoms with E-state index in [2.05, 4.69) is 16.8 Å². The van der Waals surface area contributed by atoms with Crippen LogP contribution in [0.1, 0.15) is 17.4 Å². The molecule has 0 aromatic carbocycles. The Morgan fingerprint density at radius 1 is 1.53 bits per heavy atom. The predicted molar refractivity (Wildman–Crippen MR) is 58.8 cm³/mol. The molecule has 80 valence electrons. The van der Waals surface area contributed by atoms with Gasteiger partial charge in [-0.3, -0.25) is 4.79 Å². The van der Waals surface area contributed by atoms with Crippen molar-refractivity contribution in [3.8, 4) is 0 Å². The lowest BCUT2D eigenvalue weighted by molar-refractivity contribution is 0.0800. The minimum absolute atomic E-state index is 0.192. The second-order valence-electron chi connectivity index (χ2n) is 3.36. The summed E-state index contributed by atoms with van der Waals surface area (Å²) in [5.74, 6) is -0.192. The lowest BCUT2D eigenvalue weighted by Gasteiger charge is -2.15. The van der Waals surface area contributed by atoms with Gasteiger partial charge in [0.05, 0.1) is 0 Å². The summed E-state index contributed by atoms with van der Waals surface area (Å²) >= 11 is 5.57. The Balaban J connectivity index is 2.76. The van der Waals surface area contributed by atoms with Gasteiger partial charge in [0, 0.05) is 13.6 Å². The molecule has 0 N–H and O–H groups in total. The van der Waals surface area contributed by atoms with Crippen LogP contribution in [0.25, 0.3) is 0 Å². The number of hydrogen-bond donors (Lipinski definition) is 0. The van der Waals surface area contributed by atoms with Crippen molar-refractivity contribution in [2.75, 3.05) is 13.6 Å². The van der Waals surface area contributed by atoms with Gasteiger partial charge in [0.15, 0.2) is 10.8 Å². The summed E-state index contributed by atoms with van der Waals surface area (Å²) in [6, 6.07) is 3.09. The predicted octanol–water partition coefficient (Wildman–Crippen LogP) is 1.78. The Labute approximate surface area is 93.6 Å². The molecule has 15 heavy (non-hydrogen) atoms. The zero-order valence-corrected chi connectivity index (χ0v) is 9.45. The van der Waals surface area contributed by atoms with Crippen molar-refractivity contribution in [3.05, 3.63) is 35.1 Å². The fraction of sp³-hybridized carbons (Fsp3) is 0.300. The molecule has 0 aliphatic rings. The van der Waals surface area contributed by atoms with E-state index in [0.717, 1.165) is 5.57 Å². The molecule has 0 saturated heterocycles. The average molecular weight is 226 g/mol. The topological polar surface area (TPSA) is 46.1 Å². The Morgan fingerprint density at radius 2 is 2.20 bits per heavy atom. The van der Waals surface area contributed by atoms with Crippen LogP contribution in [0, 0.1) is 0 Å². The summed E-state index contributed by atoms with van der Waals surface area (Å²) in [5.41, 5.74) is 1.19. The number of halogens is 1. The molecule has 1 rings (SSSR count). The number of carbonyl (C=O) groups is 1. The molecule has 0 radical (unpaired) electrons. The van der Waals surface area contributed by atoms with Crippen LogP contribution < -0.4 is 0 Å². The van der Waals surface area contributed by atoms with Crippen LogP contribution in [0.5, 0.6) is 0 Å². The molecule has 0 atom stereocenters. The molecule has 0 bridgehead atoms. The standard InChI is InChI=1S/C10H12ClN3O/c1-7(2)6-14(3)10(15)8-4-5-9(11)13-12-8/h4-5H,1,6H2,2-3H3. The molecule has 1 aromatic heterocycles. The molecule has 5 heteroatoms. The van der Waals surface area contributed by atoms with Gasteiger partial charge < -0.3 is 4.90 Å². The first-order valence-corrected chi connectivity index (χ1v) is 4.77. The van der Waals surface area contributed by atoms with E-state index in [1.165, 1.54) is 11.0 Å². The third-order valence-electron chi connectivity index (χ3n) is 1.70. The van der Waals surface area contributed by atoms with E-state index >= 15 is 0 Å². The van der Waals surface area contributed by atoms with E-state index in [0.29, 0.717) is 6.54 Å². The van der Waals surface area contributed by atoms with E-state index < -0.39 is 0 Å². The molecule has 0 unspecified atom stereocenters. The zero-order valence-electron chi connectivity index (χ0n) is 8.70. The van der Waals surface area contributed by atoms with Crippen LogP contribution in [-0.2, 0) is 0 Å². The van der Waals surface area contributed by atoms with Crippen molar-refractivity contribution in [2.45, 2.75) is 6.92 Å². The highest BCUT2D eigenvalue weighted by atomic mass is 35.5. The van der Waals surface area contributed by atoms with Crippen molar-refractivity contribution >= 4 is 17.5 Å². The number of rotatable bonds is 3. The fourth-order valence-electron chi connectivity index (χ4n) is 1.10. The quantitative estimate of drug-likeness (QED) is 0.737. The molecule has 1 amide bonds. The smallest absolute Gasteiger partial charge is 0.274 e. The number of carbonyl (C=O) groups excluding carboxylic acids is 1. The van der Waals surface area contributed by atoms with Crippen molar-refractivity contribution in [1.82, 2.24) is 15.1 Å². The van der Waals surface area contributed by atoms with Gasteiger partial charge in [0.2, 0.25) is 0 Å². The van der Waals surface area contributed by atoms with Crippen LogP contribution in [0.15, 0.2) is 24.3 Å². The molecule has 1 heterocycles. The molecule has 0 fully saturated rings. The molecular weight excluding hydrogens is 214 g/mol.